The quantitative estimate of drug-likeness (QED) is 0.473. The summed E-state index contributed by atoms with van der Waals surface area (Å²) in [6.45, 7) is 6.50. The average molecular weight is 342 g/mol. The van der Waals surface area contributed by atoms with E-state index in [1.807, 2.05) is 42.9 Å². The van der Waals surface area contributed by atoms with Crippen LogP contribution in [0.5, 0.6) is 0 Å². The van der Waals surface area contributed by atoms with E-state index in [1.54, 1.807) is 18.7 Å². The molecule has 0 unspecified atom stereocenters. The summed E-state index contributed by atoms with van der Waals surface area (Å²) in [5.74, 6) is 0.112. The summed E-state index contributed by atoms with van der Waals surface area (Å²) in [5.41, 5.74) is 3.12. The van der Waals surface area contributed by atoms with Crippen LogP contribution in [0.3, 0.4) is 0 Å². The van der Waals surface area contributed by atoms with E-state index < -0.39 is 0 Å². The van der Waals surface area contributed by atoms with Gasteiger partial charge in [0.25, 0.3) is 0 Å². The van der Waals surface area contributed by atoms with Crippen molar-refractivity contribution >= 4 is 23.2 Å². The standard InChI is InChI=1S/C18H22N4OS/c1-14(23)16-3-5-17(6-4-16)22-9-7-21(8-10-22)13-15-11-19-18(24-2)20-12-15/h3-6,11-12H,7-10,13H2,1-2H3. The normalized spacial score (nSPS) is 15.5. The van der Waals surface area contributed by atoms with Crippen LogP contribution >= 0.6 is 11.8 Å². The third-order valence-electron chi connectivity index (χ3n) is 4.28. The highest BCUT2D eigenvalue weighted by atomic mass is 32.2. The number of hydrogen-bond donors (Lipinski definition) is 0. The number of anilines is 1. The lowest BCUT2D eigenvalue weighted by Gasteiger charge is -2.36. The van der Waals surface area contributed by atoms with E-state index in [0.29, 0.717) is 0 Å². The number of benzene rings is 1. The number of thioether (sulfide) groups is 1. The van der Waals surface area contributed by atoms with Crippen molar-refractivity contribution in [1.29, 1.82) is 0 Å². The molecule has 0 amide bonds. The minimum Gasteiger partial charge on any atom is -0.369 e. The largest absolute Gasteiger partial charge is 0.369 e. The Morgan fingerprint density at radius 3 is 2.25 bits per heavy atom. The van der Waals surface area contributed by atoms with Gasteiger partial charge < -0.3 is 4.90 Å². The van der Waals surface area contributed by atoms with E-state index in [9.17, 15) is 4.79 Å². The summed E-state index contributed by atoms with van der Waals surface area (Å²) in [7, 11) is 0. The van der Waals surface area contributed by atoms with E-state index in [4.69, 9.17) is 0 Å². The van der Waals surface area contributed by atoms with E-state index in [0.717, 1.165) is 49.0 Å². The number of hydrogen-bond acceptors (Lipinski definition) is 6. The van der Waals surface area contributed by atoms with Crippen molar-refractivity contribution in [2.75, 3.05) is 37.3 Å². The molecule has 126 valence electrons. The molecule has 5 nitrogen and oxygen atoms in total. The number of rotatable bonds is 5. The Hall–Kier alpha value is -1.92. The molecule has 1 aromatic heterocycles. The third-order valence-corrected chi connectivity index (χ3v) is 4.86. The SMILES string of the molecule is CSc1ncc(CN2CCN(c3ccc(C(C)=O)cc3)CC2)cn1. The minimum absolute atomic E-state index is 0.112. The molecule has 0 N–H and O–H groups in total. The number of carbonyl (C=O) groups is 1. The molecule has 1 aliphatic heterocycles. The molecule has 6 heteroatoms. The van der Waals surface area contributed by atoms with Crippen LogP contribution in [0, 0.1) is 0 Å². The van der Waals surface area contributed by atoms with E-state index in [-0.39, 0.29) is 5.78 Å². The molecule has 0 saturated carbocycles. The summed E-state index contributed by atoms with van der Waals surface area (Å²) in [5, 5.41) is 0.817. The van der Waals surface area contributed by atoms with Crippen molar-refractivity contribution < 1.29 is 4.79 Å². The second-order valence-corrected chi connectivity index (χ2v) is 6.72. The molecular weight excluding hydrogens is 320 g/mol. The topological polar surface area (TPSA) is 49.3 Å². The van der Waals surface area contributed by atoms with Crippen molar-refractivity contribution in [3.8, 4) is 0 Å². The lowest BCUT2D eigenvalue weighted by molar-refractivity contribution is 0.101. The lowest BCUT2D eigenvalue weighted by atomic mass is 10.1. The fraction of sp³-hybridized carbons (Fsp3) is 0.389. The highest BCUT2D eigenvalue weighted by Crippen LogP contribution is 2.18. The maximum absolute atomic E-state index is 11.4. The summed E-state index contributed by atoms with van der Waals surface area (Å²) in [6.07, 6.45) is 5.83. The molecule has 1 saturated heterocycles. The van der Waals surface area contributed by atoms with Gasteiger partial charge in [0, 0.05) is 61.9 Å². The van der Waals surface area contributed by atoms with Crippen LogP contribution in [0.2, 0.25) is 0 Å². The van der Waals surface area contributed by atoms with Gasteiger partial charge in [0.15, 0.2) is 10.9 Å². The van der Waals surface area contributed by atoms with Gasteiger partial charge in [-0.3, -0.25) is 9.69 Å². The van der Waals surface area contributed by atoms with Gasteiger partial charge in [0.05, 0.1) is 0 Å². The first-order valence-corrected chi connectivity index (χ1v) is 9.31. The van der Waals surface area contributed by atoms with Gasteiger partial charge in [-0.2, -0.15) is 0 Å². The molecule has 3 rings (SSSR count). The van der Waals surface area contributed by atoms with Crippen LogP contribution in [0.25, 0.3) is 0 Å². The van der Waals surface area contributed by atoms with E-state index in [2.05, 4.69) is 19.8 Å². The number of carbonyl (C=O) groups excluding carboxylic acids is 1. The first kappa shape index (κ1) is 16.9. The summed E-state index contributed by atoms with van der Waals surface area (Å²) >= 11 is 1.56. The molecule has 0 atom stereocenters. The van der Waals surface area contributed by atoms with E-state index >= 15 is 0 Å². The maximum Gasteiger partial charge on any atom is 0.187 e. The van der Waals surface area contributed by atoms with E-state index in [1.165, 1.54) is 5.69 Å². The van der Waals surface area contributed by atoms with Crippen molar-refractivity contribution in [3.63, 3.8) is 0 Å². The van der Waals surface area contributed by atoms with Gasteiger partial charge in [-0.05, 0) is 37.4 Å². The predicted octanol–water partition coefficient (Wildman–Crippen LogP) is 2.72. The first-order chi connectivity index (χ1) is 11.7. The van der Waals surface area contributed by atoms with Crippen molar-refractivity contribution in [2.45, 2.75) is 18.6 Å². The molecule has 1 fully saturated rings. The Bertz CT molecular complexity index is 679. The predicted molar refractivity (Wildman–Crippen MR) is 97.7 cm³/mol. The molecule has 2 heterocycles. The van der Waals surface area contributed by atoms with Gasteiger partial charge in [0.1, 0.15) is 0 Å². The molecule has 24 heavy (non-hydrogen) atoms. The van der Waals surface area contributed by atoms with Crippen LogP contribution < -0.4 is 4.90 Å². The summed E-state index contributed by atoms with van der Waals surface area (Å²) < 4.78 is 0. The molecule has 0 radical (unpaired) electrons. The summed E-state index contributed by atoms with van der Waals surface area (Å²) in [4.78, 5) is 24.8. The number of aromatic nitrogens is 2. The second-order valence-electron chi connectivity index (χ2n) is 5.94. The fourth-order valence-corrected chi connectivity index (χ4v) is 3.18. The number of nitrogens with zero attached hydrogens (tertiary/aromatic N) is 4. The van der Waals surface area contributed by atoms with Gasteiger partial charge in [0.2, 0.25) is 0 Å². The zero-order valence-corrected chi connectivity index (χ0v) is 14.9. The second kappa shape index (κ2) is 7.77. The van der Waals surface area contributed by atoms with Crippen molar-refractivity contribution in [1.82, 2.24) is 14.9 Å². The maximum atomic E-state index is 11.4. The third kappa shape index (κ3) is 4.13. The molecule has 1 aliphatic rings. The molecular formula is C18H22N4OS. The Balaban J connectivity index is 1.54. The van der Waals surface area contributed by atoms with Crippen LogP contribution in [-0.2, 0) is 6.54 Å². The molecule has 0 bridgehead atoms. The van der Waals surface area contributed by atoms with Crippen LogP contribution in [0.1, 0.15) is 22.8 Å². The number of piperazine rings is 1. The average Bonchev–Trinajstić information content (AvgIpc) is 2.63. The van der Waals surface area contributed by atoms with Gasteiger partial charge in [-0.1, -0.05) is 11.8 Å². The zero-order valence-electron chi connectivity index (χ0n) is 14.1. The number of ketones is 1. The molecule has 1 aromatic carbocycles. The van der Waals surface area contributed by atoms with Crippen LogP contribution in [-0.4, -0.2) is 53.1 Å². The zero-order chi connectivity index (χ0) is 16.9. The molecule has 2 aromatic rings. The Kier molecular flexibility index (Phi) is 5.48. The molecule has 0 aliphatic carbocycles. The molecule has 0 spiro atoms. The van der Waals surface area contributed by atoms with Gasteiger partial charge in [-0.15, -0.1) is 0 Å². The highest BCUT2D eigenvalue weighted by molar-refractivity contribution is 7.98. The van der Waals surface area contributed by atoms with Gasteiger partial charge in [-0.25, -0.2) is 9.97 Å². The smallest absolute Gasteiger partial charge is 0.187 e. The Morgan fingerprint density at radius 1 is 1.08 bits per heavy atom. The highest BCUT2D eigenvalue weighted by Gasteiger charge is 2.17. The minimum atomic E-state index is 0.112. The van der Waals surface area contributed by atoms with Crippen molar-refractivity contribution in [2.24, 2.45) is 0 Å². The Morgan fingerprint density at radius 2 is 1.71 bits per heavy atom. The number of Topliss-reactive ketones (excluding diaryl/α,β-unsaturated/α-hetero) is 1. The first-order valence-electron chi connectivity index (χ1n) is 8.09. The van der Waals surface area contributed by atoms with Crippen LogP contribution in [0.4, 0.5) is 5.69 Å². The van der Waals surface area contributed by atoms with Crippen molar-refractivity contribution in [3.05, 3.63) is 47.8 Å². The summed E-state index contributed by atoms with van der Waals surface area (Å²) in [6, 6.07) is 7.91. The van der Waals surface area contributed by atoms with Gasteiger partial charge >= 0.3 is 0 Å². The fourth-order valence-electron chi connectivity index (χ4n) is 2.86. The van der Waals surface area contributed by atoms with Crippen LogP contribution in [0.15, 0.2) is 41.8 Å². The lowest BCUT2D eigenvalue weighted by Crippen LogP contribution is -2.46. The Labute approximate surface area is 147 Å². The monoisotopic (exact) mass is 342 g/mol.